The summed E-state index contributed by atoms with van der Waals surface area (Å²) in [5, 5.41) is 2.93. The van der Waals surface area contributed by atoms with Gasteiger partial charge in [-0.2, -0.15) is 0 Å². The fraction of sp³-hybridized carbons (Fsp3) is 0.600. The van der Waals surface area contributed by atoms with Crippen molar-refractivity contribution >= 4 is 0 Å². The molecule has 0 heterocycles. The second kappa shape index (κ2) is 24.2. The summed E-state index contributed by atoms with van der Waals surface area (Å²) < 4.78 is 0. The standard InChI is InChI=1S/C3H9N.C2H2/c1-3-4-2;1-2/h4H,3H2,1-2H3;1-2H. The highest BCUT2D eigenvalue weighted by atomic mass is 14.8. The molecule has 36 valence electrons. The van der Waals surface area contributed by atoms with Gasteiger partial charge in [0.1, 0.15) is 0 Å². The first-order valence-electron chi connectivity index (χ1n) is 1.89. The summed E-state index contributed by atoms with van der Waals surface area (Å²) in [5.41, 5.74) is 0. The molecule has 0 aromatic rings. The molecule has 0 rings (SSSR count). The van der Waals surface area contributed by atoms with Gasteiger partial charge >= 0.3 is 0 Å². The van der Waals surface area contributed by atoms with Crippen molar-refractivity contribution in [2.75, 3.05) is 13.6 Å². The van der Waals surface area contributed by atoms with Gasteiger partial charge in [0.2, 0.25) is 0 Å². The molecule has 0 unspecified atom stereocenters. The number of hydrogen-bond donors (Lipinski definition) is 1. The van der Waals surface area contributed by atoms with Crippen LogP contribution in [0.2, 0.25) is 0 Å². The normalized spacial score (nSPS) is 5.33. The zero-order valence-electron chi connectivity index (χ0n) is 4.36. The van der Waals surface area contributed by atoms with Crippen LogP contribution < -0.4 is 5.32 Å². The Labute approximate surface area is 39.8 Å². The van der Waals surface area contributed by atoms with E-state index in [0.717, 1.165) is 6.54 Å². The SMILES string of the molecule is C#C.CCNC. The van der Waals surface area contributed by atoms with Crippen LogP contribution in [0.4, 0.5) is 0 Å². The van der Waals surface area contributed by atoms with Gasteiger partial charge in [-0.25, -0.2) is 0 Å². The van der Waals surface area contributed by atoms with Gasteiger partial charge in [0, 0.05) is 0 Å². The molecule has 6 heavy (non-hydrogen) atoms. The lowest BCUT2D eigenvalue weighted by molar-refractivity contribution is 0.864. The smallest absolute Gasteiger partial charge is 0.00804 e. The quantitative estimate of drug-likeness (QED) is 0.456. The maximum atomic E-state index is 4.00. The first-order valence-corrected chi connectivity index (χ1v) is 1.89. The molecule has 0 aliphatic heterocycles. The summed E-state index contributed by atoms with van der Waals surface area (Å²) in [6.45, 7) is 3.14. The van der Waals surface area contributed by atoms with Crippen LogP contribution >= 0.6 is 0 Å². The van der Waals surface area contributed by atoms with E-state index in [0.29, 0.717) is 0 Å². The molecule has 0 aromatic carbocycles. The summed E-state index contributed by atoms with van der Waals surface area (Å²) in [6, 6.07) is 0. The van der Waals surface area contributed by atoms with E-state index in [9.17, 15) is 0 Å². The highest BCUT2D eigenvalue weighted by Gasteiger charge is 1.50. The van der Waals surface area contributed by atoms with Crippen LogP contribution in [0.3, 0.4) is 0 Å². The number of terminal acetylenes is 1. The van der Waals surface area contributed by atoms with Crippen molar-refractivity contribution in [2.45, 2.75) is 6.92 Å². The van der Waals surface area contributed by atoms with E-state index >= 15 is 0 Å². The van der Waals surface area contributed by atoms with Crippen LogP contribution in [0.25, 0.3) is 0 Å². The lowest BCUT2D eigenvalue weighted by atomic mass is 10.8. The molecule has 1 nitrogen and oxygen atoms in total. The van der Waals surface area contributed by atoms with E-state index in [-0.39, 0.29) is 0 Å². The molecule has 0 saturated heterocycles. The Kier molecular flexibility index (Phi) is 36.8. The average Bonchev–Trinajstić information content (AvgIpc) is 1.72. The molecule has 0 aliphatic carbocycles. The minimum absolute atomic E-state index is 1.07. The first kappa shape index (κ1) is 9.10. The predicted molar refractivity (Wildman–Crippen MR) is 29.5 cm³/mol. The van der Waals surface area contributed by atoms with Crippen LogP contribution in [-0.4, -0.2) is 13.6 Å². The fourth-order valence-corrected chi connectivity index (χ4v) is 0. The zero-order valence-corrected chi connectivity index (χ0v) is 4.36. The summed E-state index contributed by atoms with van der Waals surface area (Å²) in [7, 11) is 1.93. The third kappa shape index (κ3) is 82.7. The van der Waals surface area contributed by atoms with Crippen molar-refractivity contribution in [3.63, 3.8) is 0 Å². The maximum Gasteiger partial charge on any atom is -0.00804 e. The summed E-state index contributed by atoms with van der Waals surface area (Å²) >= 11 is 0. The largest absolute Gasteiger partial charge is 0.320 e. The molecule has 1 N–H and O–H groups in total. The Morgan fingerprint density at radius 3 is 1.67 bits per heavy atom. The average molecular weight is 85.1 g/mol. The van der Waals surface area contributed by atoms with Gasteiger partial charge in [0.15, 0.2) is 0 Å². The zero-order chi connectivity index (χ0) is 5.41. The van der Waals surface area contributed by atoms with Crippen LogP contribution in [0.15, 0.2) is 0 Å². The minimum atomic E-state index is 1.07. The molecule has 0 bridgehead atoms. The van der Waals surface area contributed by atoms with Crippen molar-refractivity contribution in [2.24, 2.45) is 0 Å². The summed E-state index contributed by atoms with van der Waals surface area (Å²) in [4.78, 5) is 0. The highest BCUT2D eigenvalue weighted by molar-refractivity contribution is 4.47. The van der Waals surface area contributed by atoms with Crippen molar-refractivity contribution in [3.8, 4) is 12.8 Å². The van der Waals surface area contributed by atoms with Crippen molar-refractivity contribution in [3.05, 3.63) is 0 Å². The Morgan fingerprint density at radius 2 is 1.67 bits per heavy atom. The molecular weight excluding hydrogens is 74.1 g/mol. The van der Waals surface area contributed by atoms with E-state index in [1.54, 1.807) is 0 Å². The molecule has 0 spiro atoms. The predicted octanol–water partition coefficient (Wildman–Crippen LogP) is 0.475. The lowest BCUT2D eigenvalue weighted by Crippen LogP contribution is -2.01. The summed E-state index contributed by atoms with van der Waals surface area (Å²) in [5.74, 6) is 0. The Balaban J connectivity index is 0. The van der Waals surface area contributed by atoms with Crippen LogP contribution in [0.1, 0.15) is 6.92 Å². The van der Waals surface area contributed by atoms with E-state index in [2.05, 4.69) is 25.1 Å². The highest BCUT2D eigenvalue weighted by Crippen LogP contribution is 1.34. The van der Waals surface area contributed by atoms with Gasteiger partial charge in [0.05, 0.1) is 0 Å². The molecule has 0 aromatic heterocycles. The summed E-state index contributed by atoms with van der Waals surface area (Å²) in [6.07, 6.45) is 8.00. The number of rotatable bonds is 1. The molecule has 0 saturated carbocycles. The van der Waals surface area contributed by atoms with Crippen LogP contribution in [0, 0.1) is 12.8 Å². The van der Waals surface area contributed by atoms with E-state index in [1.807, 2.05) is 7.05 Å². The van der Waals surface area contributed by atoms with Crippen LogP contribution in [-0.2, 0) is 0 Å². The van der Waals surface area contributed by atoms with E-state index in [4.69, 9.17) is 0 Å². The van der Waals surface area contributed by atoms with E-state index in [1.165, 1.54) is 0 Å². The molecule has 1 heteroatoms. The third-order valence-electron chi connectivity index (χ3n) is 0.354. The second-order valence-corrected chi connectivity index (χ2v) is 0.707. The molecule has 0 atom stereocenters. The van der Waals surface area contributed by atoms with Crippen molar-refractivity contribution in [1.82, 2.24) is 5.32 Å². The van der Waals surface area contributed by atoms with Crippen molar-refractivity contribution in [1.29, 1.82) is 0 Å². The van der Waals surface area contributed by atoms with Gasteiger partial charge < -0.3 is 5.32 Å². The lowest BCUT2D eigenvalue weighted by Gasteiger charge is -1.76. The van der Waals surface area contributed by atoms with Gasteiger partial charge in [-0.1, -0.05) is 6.92 Å². The monoisotopic (exact) mass is 85.1 g/mol. The Hall–Kier alpha value is -0.480. The van der Waals surface area contributed by atoms with Crippen LogP contribution in [0.5, 0.6) is 0 Å². The molecule has 0 aliphatic rings. The van der Waals surface area contributed by atoms with E-state index < -0.39 is 0 Å². The Bertz CT molecular complexity index is 20.4. The Morgan fingerprint density at radius 1 is 1.50 bits per heavy atom. The van der Waals surface area contributed by atoms with Gasteiger partial charge in [0.25, 0.3) is 0 Å². The van der Waals surface area contributed by atoms with Crippen molar-refractivity contribution < 1.29 is 0 Å². The molecule has 0 radical (unpaired) electrons. The maximum absolute atomic E-state index is 4.00. The minimum Gasteiger partial charge on any atom is -0.320 e. The first-order chi connectivity index (χ1) is 2.91. The fourth-order valence-electron chi connectivity index (χ4n) is 0. The van der Waals surface area contributed by atoms with Gasteiger partial charge in [-0.05, 0) is 13.6 Å². The number of hydrogen-bond acceptors (Lipinski definition) is 1. The molecular formula is C5H11N. The molecule has 0 amide bonds. The second-order valence-electron chi connectivity index (χ2n) is 0.707. The number of nitrogens with one attached hydrogen (secondary N) is 1. The van der Waals surface area contributed by atoms with Gasteiger partial charge in [-0.3, -0.25) is 0 Å². The third-order valence-corrected chi connectivity index (χ3v) is 0.354. The van der Waals surface area contributed by atoms with Gasteiger partial charge in [-0.15, -0.1) is 12.8 Å². The molecule has 0 fully saturated rings. The topological polar surface area (TPSA) is 12.0 Å².